The number of amides is 1. The molecule has 0 unspecified atom stereocenters. The van der Waals surface area contributed by atoms with Gasteiger partial charge in [-0.25, -0.2) is 0 Å². The molecule has 0 aliphatic carbocycles. The van der Waals surface area contributed by atoms with Crippen LogP contribution in [0.1, 0.15) is 35.5 Å². The molecule has 0 bridgehead atoms. The summed E-state index contributed by atoms with van der Waals surface area (Å²) in [4.78, 5) is 25.8. The van der Waals surface area contributed by atoms with E-state index >= 15 is 0 Å². The van der Waals surface area contributed by atoms with Crippen LogP contribution in [0.15, 0.2) is 36.4 Å². The van der Waals surface area contributed by atoms with Crippen LogP contribution in [0.3, 0.4) is 0 Å². The Balaban J connectivity index is 2.10. The lowest BCUT2D eigenvalue weighted by Crippen LogP contribution is -2.31. The lowest BCUT2D eigenvalue weighted by molar-refractivity contribution is -0.274. The smallest absolute Gasteiger partial charge is 0.495 e. The first-order valence-electron chi connectivity index (χ1n) is 9.98. The highest BCUT2D eigenvalue weighted by Gasteiger charge is 2.31. The fourth-order valence-corrected chi connectivity index (χ4v) is 3.82. The summed E-state index contributed by atoms with van der Waals surface area (Å²) in [6.07, 6.45) is -4.82. The molecule has 0 radical (unpaired) electrons. The number of benzene rings is 2. The van der Waals surface area contributed by atoms with Crippen LogP contribution in [0.4, 0.5) is 13.2 Å². The fourth-order valence-electron chi connectivity index (χ4n) is 3.58. The Bertz CT molecular complexity index is 1200. The largest absolute Gasteiger partial charge is 0.573 e. The molecule has 1 aromatic heterocycles. The molecule has 0 aliphatic rings. The molecule has 10 heteroatoms. The Morgan fingerprint density at radius 3 is 2.33 bits per heavy atom. The molecule has 0 saturated carbocycles. The third-order valence-corrected chi connectivity index (χ3v) is 5.23. The van der Waals surface area contributed by atoms with Gasteiger partial charge in [0.1, 0.15) is 11.5 Å². The number of fused-ring (bicyclic) bond motifs is 1. The zero-order valence-electron chi connectivity index (χ0n) is 18.3. The summed E-state index contributed by atoms with van der Waals surface area (Å²) in [5.41, 5.74) is 1.71. The number of nitrogens with zero attached hydrogens (tertiary/aromatic N) is 1. The number of alkyl halides is 3. The summed E-state index contributed by atoms with van der Waals surface area (Å²) < 4.78 is 47.8. The van der Waals surface area contributed by atoms with Crippen molar-refractivity contribution in [2.75, 3.05) is 7.11 Å². The van der Waals surface area contributed by atoms with E-state index in [9.17, 15) is 22.8 Å². The van der Waals surface area contributed by atoms with E-state index in [1.807, 2.05) is 13.8 Å². The summed E-state index contributed by atoms with van der Waals surface area (Å²) in [6.45, 7) is 5.37. The van der Waals surface area contributed by atoms with Crippen LogP contribution in [0, 0.1) is 6.92 Å². The number of nitrogens with one attached hydrogen (secondary N) is 1. The zero-order valence-corrected chi connectivity index (χ0v) is 19.1. The summed E-state index contributed by atoms with van der Waals surface area (Å²) in [7, 11) is 1.46. The summed E-state index contributed by atoms with van der Waals surface area (Å²) >= 11 is 6.29. The van der Waals surface area contributed by atoms with E-state index in [1.165, 1.54) is 23.8 Å². The number of carbonyl (C=O) groups is 2. The standard InChI is InChI=1S/C23H22ClF3N2O4/c1-12(2)28-21(30)10-16-13(3)29(19-11-18(24)20(32-4)9-17(16)19)22(31)14-5-7-15(8-6-14)33-23(25,26)27/h5-9,11-12H,10H2,1-4H3,(H,28,30). The van der Waals surface area contributed by atoms with Gasteiger partial charge in [0.15, 0.2) is 0 Å². The van der Waals surface area contributed by atoms with Crippen molar-refractivity contribution in [2.45, 2.75) is 39.6 Å². The molecule has 0 fully saturated rings. The lowest BCUT2D eigenvalue weighted by atomic mass is 10.1. The highest BCUT2D eigenvalue weighted by Crippen LogP contribution is 2.35. The third kappa shape index (κ3) is 5.42. The lowest BCUT2D eigenvalue weighted by Gasteiger charge is -2.11. The first-order valence-corrected chi connectivity index (χ1v) is 10.4. The Hall–Kier alpha value is -3.20. The number of carbonyl (C=O) groups excluding carboxylic acids is 2. The predicted molar refractivity (Wildman–Crippen MR) is 118 cm³/mol. The number of aromatic nitrogens is 1. The van der Waals surface area contributed by atoms with Crippen molar-refractivity contribution in [1.82, 2.24) is 9.88 Å². The Morgan fingerprint density at radius 1 is 1.15 bits per heavy atom. The van der Waals surface area contributed by atoms with Crippen molar-refractivity contribution < 1.29 is 32.2 Å². The van der Waals surface area contributed by atoms with E-state index in [2.05, 4.69) is 10.1 Å². The Morgan fingerprint density at radius 2 is 1.79 bits per heavy atom. The monoisotopic (exact) mass is 482 g/mol. The maximum atomic E-state index is 13.3. The second kappa shape index (κ2) is 9.35. The first-order chi connectivity index (χ1) is 15.4. The Kier molecular flexibility index (Phi) is 6.92. The van der Waals surface area contributed by atoms with Crippen LogP contribution < -0.4 is 14.8 Å². The van der Waals surface area contributed by atoms with Crippen molar-refractivity contribution in [3.05, 3.63) is 58.2 Å². The molecule has 2 aromatic carbocycles. The number of rotatable bonds is 6. The van der Waals surface area contributed by atoms with Crippen LogP contribution in [0.2, 0.25) is 5.02 Å². The minimum absolute atomic E-state index is 0.0178. The highest BCUT2D eigenvalue weighted by atomic mass is 35.5. The molecule has 6 nitrogen and oxygen atoms in total. The molecule has 33 heavy (non-hydrogen) atoms. The molecule has 1 amide bonds. The third-order valence-electron chi connectivity index (χ3n) is 4.93. The van der Waals surface area contributed by atoms with Gasteiger partial charge in [0, 0.05) is 22.7 Å². The van der Waals surface area contributed by atoms with Gasteiger partial charge in [0.05, 0.1) is 24.1 Å². The molecule has 176 valence electrons. The molecule has 0 aliphatic heterocycles. The summed E-state index contributed by atoms with van der Waals surface area (Å²) in [6, 6.07) is 7.77. The zero-order chi connectivity index (χ0) is 24.5. The predicted octanol–water partition coefficient (Wildman–Crippen LogP) is 5.27. The second-order valence-electron chi connectivity index (χ2n) is 7.68. The summed E-state index contributed by atoms with van der Waals surface area (Å²) in [5, 5.41) is 3.70. The van der Waals surface area contributed by atoms with Gasteiger partial charge in [-0.2, -0.15) is 0 Å². The van der Waals surface area contributed by atoms with Gasteiger partial charge in [-0.05, 0) is 62.7 Å². The minimum Gasteiger partial charge on any atom is -0.495 e. The van der Waals surface area contributed by atoms with Crippen LogP contribution in [-0.4, -0.2) is 35.9 Å². The van der Waals surface area contributed by atoms with Crippen molar-refractivity contribution in [3.8, 4) is 11.5 Å². The number of halogens is 4. The molecule has 1 heterocycles. The number of methoxy groups -OCH3 is 1. The number of ether oxygens (including phenoxy) is 2. The van der Waals surface area contributed by atoms with Crippen molar-refractivity contribution in [3.63, 3.8) is 0 Å². The first kappa shape index (κ1) is 24.4. The fraction of sp³-hybridized carbons (Fsp3) is 0.304. The SMILES string of the molecule is COc1cc2c(CC(=O)NC(C)C)c(C)n(C(=O)c3ccc(OC(F)(F)F)cc3)c2cc1Cl. The molecule has 3 rings (SSSR count). The van der Waals surface area contributed by atoms with Crippen LogP contribution >= 0.6 is 11.6 Å². The molecule has 0 atom stereocenters. The molecule has 0 saturated heterocycles. The molecule has 3 aromatic rings. The average molecular weight is 483 g/mol. The van der Waals surface area contributed by atoms with Gasteiger partial charge in [-0.15, -0.1) is 13.2 Å². The van der Waals surface area contributed by atoms with Crippen LogP contribution in [-0.2, 0) is 11.2 Å². The van der Waals surface area contributed by atoms with Gasteiger partial charge < -0.3 is 14.8 Å². The van der Waals surface area contributed by atoms with Crippen molar-refractivity contribution >= 4 is 34.3 Å². The van der Waals surface area contributed by atoms with Gasteiger partial charge in [0.25, 0.3) is 5.91 Å². The highest BCUT2D eigenvalue weighted by molar-refractivity contribution is 6.33. The van der Waals surface area contributed by atoms with Crippen LogP contribution in [0.25, 0.3) is 10.9 Å². The van der Waals surface area contributed by atoms with E-state index < -0.39 is 18.0 Å². The van der Waals surface area contributed by atoms with Crippen molar-refractivity contribution in [2.24, 2.45) is 0 Å². The topological polar surface area (TPSA) is 69.6 Å². The molecular weight excluding hydrogens is 461 g/mol. The quantitative estimate of drug-likeness (QED) is 0.520. The van der Waals surface area contributed by atoms with E-state index in [-0.39, 0.29) is 29.0 Å². The van der Waals surface area contributed by atoms with Gasteiger partial charge in [-0.3, -0.25) is 14.2 Å². The molecule has 0 spiro atoms. The van der Waals surface area contributed by atoms with Crippen molar-refractivity contribution in [1.29, 1.82) is 0 Å². The van der Waals surface area contributed by atoms with Gasteiger partial charge in [0.2, 0.25) is 5.91 Å². The minimum atomic E-state index is -4.83. The normalized spacial score (nSPS) is 11.7. The Labute approximate surface area is 193 Å². The van der Waals surface area contributed by atoms with Gasteiger partial charge in [-0.1, -0.05) is 11.6 Å². The van der Waals surface area contributed by atoms with Crippen LogP contribution in [0.5, 0.6) is 11.5 Å². The number of hydrogen-bond acceptors (Lipinski definition) is 4. The average Bonchev–Trinajstić information content (AvgIpc) is 2.96. The maximum Gasteiger partial charge on any atom is 0.573 e. The van der Waals surface area contributed by atoms with E-state index in [4.69, 9.17) is 16.3 Å². The van der Waals surface area contributed by atoms with E-state index in [1.54, 1.807) is 19.1 Å². The second-order valence-corrected chi connectivity index (χ2v) is 8.09. The van der Waals surface area contributed by atoms with E-state index in [0.717, 1.165) is 12.1 Å². The molecule has 1 N–H and O–H groups in total. The number of hydrogen-bond donors (Lipinski definition) is 1. The molecular formula is C23H22ClF3N2O4. The summed E-state index contributed by atoms with van der Waals surface area (Å²) in [5.74, 6) is -0.769. The maximum absolute atomic E-state index is 13.3. The van der Waals surface area contributed by atoms with E-state index in [0.29, 0.717) is 27.9 Å². The van der Waals surface area contributed by atoms with Gasteiger partial charge >= 0.3 is 6.36 Å².